The van der Waals surface area contributed by atoms with Gasteiger partial charge in [0.25, 0.3) is 0 Å². The average molecular weight is 385 g/mol. The Kier molecular flexibility index (Phi) is 6.17. The second-order valence-electron chi connectivity index (χ2n) is 6.39. The Morgan fingerprint density at radius 1 is 1.42 bits per heavy atom. The van der Waals surface area contributed by atoms with Gasteiger partial charge in [0.2, 0.25) is 5.91 Å². The van der Waals surface area contributed by atoms with Crippen molar-refractivity contribution in [3.8, 4) is 5.75 Å². The van der Waals surface area contributed by atoms with Crippen LogP contribution in [-0.4, -0.2) is 23.8 Å². The Morgan fingerprint density at radius 3 is 2.71 bits per heavy atom. The monoisotopic (exact) mass is 384 g/mol. The van der Waals surface area contributed by atoms with Crippen molar-refractivity contribution in [3.63, 3.8) is 0 Å². The molecule has 7 heteroatoms. The summed E-state index contributed by atoms with van der Waals surface area (Å²) in [4.78, 5) is 16.8. The number of thiazole rings is 1. The van der Waals surface area contributed by atoms with Gasteiger partial charge in [0, 0.05) is 21.9 Å². The minimum absolute atomic E-state index is 0.0196. The van der Waals surface area contributed by atoms with E-state index < -0.39 is 0 Å². The fourth-order valence-corrected chi connectivity index (χ4v) is 3.92. The molecular formula is C17H21ClN2O2S2. The SMILES string of the molecule is COc1cc(Cl)c(C)cc1NC(=O)CSc1nc(C(C)(C)C)cs1. The molecule has 0 bridgehead atoms. The number of ether oxygens (including phenoxy) is 1. The Labute approximate surface area is 156 Å². The number of thioether (sulfide) groups is 1. The molecule has 1 aromatic carbocycles. The first-order chi connectivity index (χ1) is 11.2. The number of carbonyl (C=O) groups is 1. The maximum absolute atomic E-state index is 12.2. The van der Waals surface area contributed by atoms with E-state index >= 15 is 0 Å². The predicted octanol–water partition coefficient (Wildman–Crippen LogP) is 5.14. The highest BCUT2D eigenvalue weighted by molar-refractivity contribution is 8.01. The lowest BCUT2D eigenvalue weighted by atomic mass is 9.93. The molecule has 0 saturated heterocycles. The maximum Gasteiger partial charge on any atom is 0.234 e. The zero-order valence-electron chi connectivity index (χ0n) is 14.4. The van der Waals surface area contributed by atoms with Gasteiger partial charge < -0.3 is 10.1 Å². The summed E-state index contributed by atoms with van der Waals surface area (Å²) >= 11 is 9.08. The van der Waals surface area contributed by atoms with E-state index in [2.05, 4.69) is 31.1 Å². The molecule has 24 heavy (non-hydrogen) atoms. The highest BCUT2D eigenvalue weighted by Gasteiger charge is 2.18. The van der Waals surface area contributed by atoms with Crippen molar-refractivity contribution in [2.24, 2.45) is 0 Å². The van der Waals surface area contributed by atoms with Gasteiger partial charge in [0.1, 0.15) is 5.75 Å². The van der Waals surface area contributed by atoms with Crippen LogP contribution < -0.4 is 10.1 Å². The normalized spacial score (nSPS) is 11.4. The average Bonchev–Trinajstić information content (AvgIpc) is 2.98. The number of hydrogen-bond donors (Lipinski definition) is 1. The number of benzene rings is 1. The van der Waals surface area contributed by atoms with E-state index in [0.717, 1.165) is 15.6 Å². The van der Waals surface area contributed by atoms with Crippen molar-refractivity contribution in [1.29, 1.82) is 0 Å². The summed E-state index contributed by atoms with van der Waals surface area (Å²) in [5, 5.41) is 5.53. The lowest BCUT2D eigenvalue weighted by Gasteiger charge is -2.14. The first-order valence-electron chi connectivity index (χ1n) is 7.43. The first kappa shape index (κ1) is 19.1. The second kappa shape index (κ2) is 7.76. The minimum atomic E-state index is -0.104. The highest BCUT2D eigenvalue weighted by Crippen LogP contribution is 2.32. The summed E-state index contributed by atoms with van der Waals surface area (Å²) in [5.41, 5.74) is 2.58. The van der Waals surface area contributed by atoms with Crippen molar-refractivity contribution in [2.75, 3.05) is 18.2 Å². The van der Waals surface area contributed by atoms with E-state index in [4.69, 9.17) is 16.3 Å². The number of anilines is 1. The summed E-state index contributed by atoms with van der Waals surface area (Å²) in [7, 11) is 1.55. The molecule has 0 fully saturated rings. The zero-order valence-corrected chi connectivity index (χ0v) is 16.8. The van der Waals surface area contributed by atoms with Crippen LogP contribution in [-0.2, 0) is 10.2 Å². The van der Waals surface area contributed by atoms with Crippen LogP contribution in [0.15, 0.2) is 21.9 Å². The van der Waals surface area contributed by atoms with Crippen LogP contribution in [0.5, 0.6) is 5.75 Å². The third kappa shape index (κ3) is 4.88. The van der Waals surface area contributed by atoms with E-state index in [1.54, 1.807) is 24.5 Å². The zero-order chi connectivity index (χ0) is 17.9. The molecule has 4 nitrogen and oxygen atoms in total. The number of amides is 1. The molecule has 1 N–H and O–H groups in total. The quantitative estimate of drug-likeness (QED) is 0.725. The molecule has 0 atom stereocenters. The van der Waals surface area contributed by atoms with Gasteiger partial charge in [-0.15, -0.1) is 11.3 Å². The number of carbonyl (C=O) groups excluding carboxylic acids is 1. The number of methoxy groups -OCH3 is 1. The summed E-state index contributed by atoms with van der Waals surface area (Å²) in [6.45, 7) is 8.25. The van der Waals surface area contributed by atoms with E-state index in [9.17, 15) is 4.79 Å². The van der Waals surface area contributed by atoms with E-state index in [-0.39, 0.29) is 11.3 Å². The molecule has 130 valence electrons. The maximum atomic E-state index is 12.2. The number of rotatable bonds is 5. The van der Waals surface area contributed by atoms with Crippen molar-refractivity contribution in [1.82, 2.24) is 4.98 Å². The number of nitrogens with zero attached hydrogens (tertiary/aromatic N) is 1. The molecule has 1 aromatic heterocycles. The molecule has 0 aliphatic rings. The van der Waals surface area contributed by atoms with E-state index in [1.165, 1.54) is 11.8 Å². The Morgan fingerprint density at radius 2 is 2.12 bits per heavy atom. The first-order valence-corrected chi connectivity index (χ1v) is 9.68. The van der Waals surface area contributed by atoms with Crippen molar-refractivity contribution in [3.05, 3.63) is 33.8 Å². The summed E-state index contributed by atoms with van der Waals surface area (Å²) in [6.07, 6.45) is 0. The number of hydrogen-bond acceptors (Lipinski definition) is 5. The van der Waals surface area contributed by atoms with Gasteiger partial charge in [-0.1, -0.05) is 44.1 Å². The minimum Gasteiger partial charge on any atom is -0.495 e. The number of nitrogens with one attached hydrogen (secondary N) is 1. The third-order valence-electron chi connectivity index (χ3n) is 3.33. The molecule has 1 heterocycles. The lowest BCUT2D eigenvalue weighted by molar-refractivity contribution is -0.113. The summed E-state index contributed by atoms with van der Waals surface area (Å²) < 4.78 is 6.17. The molecule has 0 aliphatic carbocycles. The van der Waals surface area contributed by atoms with Crippen LogP contribution in [0.25, 0.3) is 0 Å². The fourth-order valence-electron chi connectivity index (χ4n) is 1.91. The summed E-state index contributed by atoms with van der Waals surface area (Å²) in [6, 6.07) is 3.51. The number of halogens is 1. The number of aromatic nitrogens is 1. The topological polar surface area (TPSA) is 51.2 Å². The largest absolute Gasteiger partial charge is 0.495 e. The van der Waals surface area contributed by atoms with Crippen LogP contribution in [0.1, 0.15) is 32.0 Å². The molecule has 0 spiro atoms. The molecule has 0 unspecified atom stereocenters. The molecule has 0 saturated carbocycles. The van der Waals surface area contributed by atoms with Gasteiger partial charge in [-0.2, -0.15) is 0 Å². The molecular weight excluding hydrogens is 364 g/mol. The van der Waals surface area contributed by atoms with Gasteiger partial charge in [-0.05, 0) is 18.6 Å². The fraction of sp³-hybridized carbons (Fsp3) is 0.412. The van der Waals surface area contributed by atoms with Gasteiger partial charge in [-0.3, -0.25) is 4.79 Å². The Balaban J connectivity index is 1.99. The van der Waals surface area contributed by atoms with Crippen molar-refractivity contribution in [2.45, 2.75) is 37.4 Å². The van der Waals surface area contributed by atoms with Crippen molar-refractivity contribution < 1.29 is 9.53 Å². The van der Waals surface area contributed by atoms with E-state index in [1.807, 2.05) is 18.4 Å². The molecule has 2 rings (SSSR count). The smallest absolute Gasteiger partial charge is 0.234 e. The van der Waals surface area contributed by atoms with Crippen molar-refractivity contribution >= 4 is 46.3 Å². The standard InChI is InChI=1S/C17H21ClN2O2S2/c1-10-6-12(13(22-5)7-11(10)18)19-15(21)9-24-16-20-14(8-23-16)17(2,3)4/h6-8H,9H2,1-5H3,(H,19,21). The van der Waals surface area contributed by atoms with Gasteiger partial charge in [0.15, 0.2) is 4.34 Å². The molecule has 1 amide bonds. The summed E-state index contributed by atoms with van der Waals surface area (Å²) in [5.74, 6) is 0.739. The van der Waals surface area contributed by atoms with Crippen LogP contribution in [0, 0.1) is 6.92 Å². The Hall–Kier alpha value is -1.24. The van der Waals surface area contributed by atoms with Gasteiger partial charge in [-0.25, -0.2) is 4.98 Å². The third-order valence-corrected chi connectivity index (χ3v) is 5.76. The Bertz CT molecular complexity index is 739. The van der Waals surface area contributed by atoms with Crippen LogP contribution >= 0.6 is 34.7 Å². The molecule has 0 aliphatic heterocycles. The van der Waals surface area contributed by atoms with E-state index in [0.29, 0.717) is 22.2 Å². The molecule has 0 radical (unpaired) electrons. The van der Waals surface area contributed by atoms with Gasteiger partial charge in [0.05, 0.1) is 24.2 Å². The second-order valence-corrected chi connectivity index (χ2v) is 8.87. The highest BCUT2D eigenvalue weighted by atomic mass is 35.5. The van der Waals surface area contributed by atoms with Crippen LogP contribution in [0.3, 0.4) is 0 Å². The van der Waals surface area contributed by atoms with Gasteiger partial charge >= 0.3 is 0 Å². The predicted molar refractivity (Wildman–Crippen MR) is 103 cm³/mol. The van der Waals surface area contributed by atoms with Crippen LogP contribution in [0.4, 0.5) is 5.69 Å². The van der Waals surface area contributed by atoms with Crippen LogP contribution in [0.2, 0.25) is 5.02 Å². The molecule has 2 aromatic rings. The number of aryl methyl sites for hydroxylation is 1. The lowest BCUT2D eigenvalue weighted by Crippen LogP contribution is -2.15.